The summed E-state index contributed by atoms with van der Waals surface area (Å²) in [6, 6.07) is 1.25. The Labute approximate surface area is 276 Å². The third kappa shape index (κ3) is 4.89. The minimum absolute atomic E-state index is 0.0263. The molecule has 7 heterocycles. The SMILES string of the molecule is Cc1cc2[nH]ncc2c(-c2nc3c4c(nc(OCC56CCCN5CC6)nc4c2F)N([C@H](C)c2cc(F)cnc2N)[C@@H](C)CO3)c1C(F)(F)F. The third-order valence-corrected chi connectivity index (χ3v) is 10.2. The Balaban J connectivity index is 1.38. The first-order valence-electron chi connectivity index (χ1n) is 16.0. The van der Waals surface area contributed by atoms with Crippen LogP contribution in [-0.4, -0.2) is 72.9 Å². The van der Waals surface area contributed by atoms with Crippen LogP contribution in [0.2, 0.25) is 0 Å². The number of aromatic amines is 1. The average molecular weight is 682 g/mol. The van der Waals surface area contributed by atoms with E-state index >= 15 is 4.39 Å². The first-order valence-corrected chi connectivity index (χ1v) is 16.0. The molecule has 49 heavy (non-hydrogen) atoms. The summed E-state index contributed by atoms with van der Waals surface area (Å²) >= 11 is 0. The number of aryl methyl sites for hydroxylation is 1. The van der Waals surface area contributed by atoms with E-state index in [1.54, 1.807) is 11.8 Å². The first kappa shape index (κ1) is 31.4. The summed E-state index contributed by atoms with van der Waals surface area (Å²) in [6.07, 6.45) is 0.224. The molecule has 1 unspecified atom stereocenters. The zero-order valence-corrected chi connectivity index (χ0v) is 26.8. The number of hydrogen-bond donors (Lipinski definition) is 2. The zero-order chi connectivity index (χ0) is 34.4. The average Bonchev–Trinajstić information content (AvgIpc) is 3.58. The van der Waals surface area contributed by atoms with E-state index in [1.165, 1.54) is 25.3 Å². The predicted octanol–water partition coefficient (Wildman–Crippen LogP) is 6.12. The van der Waals surface area contributed by atoms with Crippen molar-refractivity contribution in [1.82, 2.24) is 35.0 Å². The van der Waals surface area contributed by atoms with Gasteiger partial charge >= 0.3 is 12.2 Å². The normalized spacial score (nSPS) is 21.4. The van der Waals surface area contributed by atoms with Crippen molar-refractivity contribution in [2.24, 2.45) is 0 Å². The minimum Gasteiger partial charge on any atom is -0.475 e. The summed E-state index contributed by atoms with van der Waals surface area (Å²) in [7, 11) is 0. The summed E-state index contributed by atoms with van der Waals surface area (Å²) < 4.78 is 88.0. The molecule has 3 aliphatic heterocycles. The second-order valence-electron chi connectivity index (χ2n) is 13.1. The Kier molecular flexibility index (Phi) is 7.10. The van der Waals surface area contributed by atoms with E-state index in [9.17, 15) is 17.6 Å². The second-order valence-corrected chi connectivity index (χ2v) is 13.1. The Bertz CT molecular complexity index is 2140. The number of nitrogens with two attached hydrogens (primary N) is 1. The number of hydrogen-bond acceptors (Lipinski definition) is 10. The Morgan fingerprint density at radius 3 is 2.69 bits per heavy atom. The molecule has 3 atom stereocenters. The van der Waals surface area contributed by atoms with Gasteiger partial charge in [-0.1, -0.05) is 0 Å². The van der Waals surface area contributed by atoms with E-state index in [4.69, 9.17) is 20.2 Å². The van der Waals surface area contributed by atoms with Crippen molar-refractivity contribution in [2.45, 2.75) is 63.8 Å². The van der Waals surface area contributed by atoms with Gasteiger partial charge in [0.25, 0.3) is 0 Å². The molecule has 1 aromatic carbocycles. The zero-order valence-electron chi connectivity index (χ0n) is 26.8. The monoisotopic (exact) mass is 681 g/mol. The van der Waals surface area contributed by atoms with Crippen LogP contribution < -0.4 is 20.1 Å². The van der Waals surface area contributed by atoms with Crippen LogP contribution in [0, 0.1) is 18.6 Å². The smallest absolute Gasteiger partial charge is 0.417 e. The van der Waals surface area contributed by atoms with Gasteiger partial charge in [-0.3, -0.25) is 10.00 Å². The molecule has 2 saturated heterocycles. The summed E-state index contributed by atoms with van der Waals surface area (Å²) in [5.41, 5.74) is 4.01. The Morgan fingerprint density at radius 1 is 1.14 bits per heavy atom. The topological polar surface area (TPSA) is 131 Å². The molecule has 0 radical (unpaired) electrons. The number of nitrogens with one attached hydrogen (secondary N) is 1. The van der Waals surface area contributed by atoms with Crippen LogP contribution in [0.4, 0.5) is 33.6 Å². The number of anilines is 2. The fourth-order valence-corrected chi connectivity index (χ4v) is 7.72. The number of nitrogens with zero attached hydrogens (tertiary/aromatic N) is 7. The lowest BCUT2D eigenvalue weighted by atomic mass is 9.86. The fraction of sp³-hybridized carbons (Fsp3) is 0.424. The highest BCUT2D eigenvalue weighted by molar-refractivity contribution is 6.02. The van der Waals surface area contributed by atoms with E-state index in [0.29, 0.717) is 5.56 Å². The fourth-order valence-electron chi connectivity index (χ4n) is 7.72. The number of nitrogen functional groups attached to an aromatic ring is 1. The van der Waals surface area contributed by atoms with Gasteiger partial charge in [0.1, 0.15) is 47.3 Å². The lowest BCUT2D eigenvalue weighted by Gasteiger charge is -2.47. The number of rotatable bonds is 6. The maximum atomic E-state index is 17.1. The van der Waals surface area contributed by atoms with Crippen LogP contribution in [0.1, 0.15) is 55.8 Å². The van der Waals surface area contributed by atoms with Gasteiger partial charge in [0.2, 0.25) is 5.88 Å². The molecule has 8 rings (SSSR count). The van der Waals surface area contributed by atoms with Crippen LogP contribution in [0.5, 0.6) is 11.9 Å². The van der Waals surface area contributed by atoms with Crippen molar-refractivity contribution in [2.75, 3.05) is 36.9 Å². The summed E-state index contributed by atoms with van der Waals surface area (Å²) in [6.45, 7) is 6.99. The maximum Gasteiger partial charge on any atom is 0.417 e. The summed E-state index contributed by atoms with van der Waals surface area (Å²) in [5, 5.41) is 6.67. The van der Waals surface area contributed by atoms with Crippen LogP contribution in [-0.2, 0) is 6.18 Å². The van der Waals surface area contributed by atoms with Gasteiger partial charge in [-0.05, 0) is 64.3 Å². The predicted molar refractivity (Wildman–Crippen MR) is 170 cm³/mol. The van der Waals surface area contributed by atoms with Crippen molar-refractivity contribution < 1.29 is 31.4 Å². The van der Waals surface area contributed by atoms with Crippen LogP contribution in [0.25, 0.3) is 33.1 Å². The first-order chi connectivity index (χ1) is 23.4. The van der Waals surface area contributed by atoms with Gasteiger partial charge in [0, 0.05) is 23.1 Å². The maximum absolute atomic E-state index is 17.1. The van der Waals surface area contributed by atoms with Crippen LogP contribution >= 0.6 is 0 Å². The number of fused-ring (bicyclic) bond motifs is 2. The highest BCUT2D eigenvalue weighted by atomic mass is 19.4. The van der Waals surface area contributed by atoms with Crippen LogP contribution in [0.15, 0.2) is 24.5 Å². The molecular formula is C33H32F5N9O2. The third-order valence-electron chi connectivity index (χ3n) is 10.2. The highest BCUT2D eigenvalue weighted by Crippen LogP contribution is 2.48. The van der Waals surface area contributed by atoms with Gasteiger partial charge < -0.3 is 20.1 Å². The molecular weight excluding hydrogens is 649 g/mol. The highest BCUT2D eigenvalue weighted by Gasteiger charge is 2.49. The van der Waals surface area contributed by atoms with Gasteiger partial charge in [-0.25, -0.2) is 18.7 Å². The number of ether oxygens (including phenoxy) is 2. The minimum atomic E-state index is -4.86. The standard InChI is InChI=1S/C33H32F5N9O2/c1-15-9-21-20(12-41-45-21)22(24(15)33(36,37)38)26-25(35)27-23-29(44-31(43-27)49-14-32-5-4-7-46(32)8-6-32)47(16(2)13-48-30(23)42-26)17(3)19-10-18(34)11-40-28(19)39/h9-12,16-17H,4-8,13-14H2,1-3H3,(H2,39,40)(H,41,45)/t16-,17+,32?/m0/s1. The van der Waals surface area contributed by atoms with Crippen molar-refractivity contribution >= 4 is 33.4 Å². The number of pyridine rings is 2. The van der Waals surface area contributed by atoms with E-state index in [0.717, 1.165) is 38.5 Å². The lowest BCUT2D eigenvalue weighted by Crippen LogP contribution is -2.59. The number of alkyl halides is 3. The van der Waals surface area contributed by atoms with Crippen molar-refractivity contribution in [3.63, 3.8) is 0 Å². The molecule has 4 aromatic heterocycles. The van der Waals surface area contributed by atoms with E-state index in [-0.39, 0.29) is 69.6 Å². The number of H-pyrrole nitrogens is 1. The second kappa shape index (κ2) is 11.1. The molecule has 256 valence electrons. The number of aromatic nitrogens is 6. The van der Waals surface area contributed by atoms with Gasteiger partial charge in [-0.15, -0.1) is 0 Å². The number of halogens is 5. The molecule has 0 spiro atoms. The van der Waals surface area contributed by atoms with Crippen molar-refractivity contribution in [3.05, 3.63) is 52.9 Å². The number of benzene rings is 1. The Morgan fingerprint density at radius 2 is 1.96 bits per heavy atom. The van der Waals surface area contributed by atoms with E-state index < -0.39 is 46.7 Å². The molecule has 5 aromatic rings. The van der Waals surface area contributed by atoms with Gasteiger partial charge in [0.05, 0.1) is 41.1 Å². The molecule has 0 saturated carbocycles. The molecule has 3 aliphatic rings. The molecule has 0 bridgehead atoms. The quantitative estimate of drug-likeness (QED) is 0.202. The molecule has 11 nitrogen and oxygen atoms in total. The van der Waals surface area contributed by atoms with E-state index in [1.807, 2.05) is 6.92 Å². The van der Waals surface area contributed by atoms with Gasteiger partial charge in [0.15, 0.2) is 5.82 Å². The molecule has 16 heteroatoms. The molecule has 0 amide bonds. The molecule has 3 N–H and O–H groups in total. The van der Waals surface area contributed by atoms with E-state index in [2.05, 4.69) is 30.0 Å². The van der Waals surface area contributed by atoms with Crippen molar-refractivity contribution in [3.8, 4) is 23.1 Å². The largest absolute Gasteiger partial charge is 0.475 e. The molecule has 0 aliphatic carbocycles. The summed E-state index contributed by atoms with van der Waals surface area (Å²) in [5.74, 6) is -1.65. The molecule has 2 fully saturated rings. The Hall–Kier alpha value is -4.86. The van der Waals surface area contributed by atoms with Gasteiger partial charge in [-0.2, -0.15) is 28.2 Å². The van der Waals surface area contributed by atoms with Crippen molar-refractivity contribution in [1.29, 1.82) is 0 Å². The lowest BCUT2D eigenvalue weighted by molar-refractivity contribution is -0.137. The summed E-state index contributed by atoms with van der Waals surface area (Å²) in [4.78, 5) is 21.7. The van der Waals surface area contributed by atoms with Crippen LogP contribution in [0.3, 0.4) is 0 Å².